The molecule has 0 bridgehead atoms. The number of rotatable bonds is 5. The molecule has 2 aromatic carbocycles. The predicted octanol–water partition coefficient (Wildman–Crippen LogP) is 4.05. The third-order valence-corrected chi connectivity index (χ3v) is 5.79. The predicted molar refractivity (Wildman–Crippen MR) is 113 cm³/mol. The first-order chi connectivity index (χ1) is 14.1. The summed E-state index contributed by atoms with van der Waals surface area (Å²) in [5, 5.41) is 0. The molecule has 152 valence electrons. The first-order valence-corrected chi connectivity index (χ1v) is 10.5. The molecule has 2 amide bonds. The van der Waals surface area contributed by atoms with Crippen LogP contribution >= 0.6 is 0 Å². The number of carbonyl (C=O) groups excluding carboxylic acids is 2. The molecule has 4 rings (SSSR count). The van der Waals surface area contributed by atoms with Gasteiger partial charge in [0.15, 0.2) is 0 Å². The molecule has 2 saturated heterocycles. The Labute approximate surface area is 172 Å². The Morgan fingerprint density at radius 1 is 1.10 bits per heavy atom. The van der Waals surface area contributed by atoms with Crippen molar-refractivity contribution in [1.82, 2.24) is 4.90 Å². The van der Waals surface area contributed by atoms with E-state index in [4.69, 9.17) is 4.74 Å². The summed E-state index contributed by atoms with van der Waals surface area (Å²) in [6, 6.07) is 15.6. The molecular formula is C24H28N2O3. The van der Waals surface area contributed by atoms with Crippen molar-refractivity contribution in [3.05, 3.63) is 59.7 Å². The molecule has 29 heavy (non-hydrogen) atoms. The number of amides is 2. The summed E-state index contributed by atoms with van der Waals surface area (Å²) in [6.07, 6.45) is 3.52. The van der Waals surface area contributed by atoms with Crippen molar-refractivity contribution < 1.29 is 14.3 Å². The van der Waals surface area contributed by atoms with Crippen molar-refractivity contribution >= 4 is 17.5 Å². The summed E-state index contributed by atoms with van der Waals surface area (Å²) in [4.78, 5) is 28.8. The first kappa shape index (κ1) is 19.5. The number of carbonyl (C=O) groups is 2. The maximum Gasteiger partial charge on any atom is 0.253 e. The lowest BCUT2D eigenvalue weighted by Crippen LogP contribution is -2.41. The monoisotopic (exact) mass is 392 g/mol. The minimum Gasteiger partial charge on any atom is -0.493 e. The highest BCUT2D eigenvalue weighted by Gasteiger charge is 2.26. The molecule has 1 atom stereocenters. The quantitative estimate of drug-likeness (QED) is 0.771. The lowest BCUT2D eigenvalue weighted by atomic mass is 9.98. The van der Waals surface area contributed by atoms with Crippen LogP contribution in [-0.4, -0.2) is 43.0 Å². The van der Waals surface area contributed by atoms with E-state index in [0.717, 1.165) is 43.8 Å². The Hall–Kier alpha value is -2.82. The normalized spacial score (nSPS) is 19.5. The number of piperidine rings is 1. The highest BCUT2D eigenvalue weighted by Crippen LogP contribution is 2.25. The summed E-state index contributed by atoms with van der Waals surface area (Å²) < 4.78 is 5.95. The van der Waals surface area contributed by atoms with E-state index >= 15 is 0 Å². The van der Waals surface area contributed by atoms with E-state index in [0.29, 0.717) is 31.1 Å². The summed E-state index contributed by atoms with van der Waals surface area (Å²) in [6.45, 7) is 4.89. The number of benzene rings is 2. The van der Waals surface area contributed by atoms with Crippen LogP contribution in [0.3, 0.4) is 0 Å². The van der Waals surface area contributed by atoms with Crippen LogP contribution < -0.4 is 9.64 Å². The third kappa shape index (κ3) is 4.61. The van der Waals surface area contributed by atoms with E-state index in [1.165, 1.54) is 5.56 Å². The lowest BCUT2D eigenvalue weighted by molar-refractivity contribution is -0.117. The van der Waals surface area contributed by atoms with E-state index in [2.05, 4.69) is 6.92 Å². The minimum absolute atomic E-state index is 0.0403. The second kappa shape index (κ2) is 8.68. The average Bonchev–Trinajstić information content (AvgIpc) is 3.19. The van der Waals surface area contributed by atoms with Gasteiger partial charge in [-0.3, -0.25) is 9.59 Å². The molecule has 2 aliphatic heterocycles. The van der Waals surface area contributed by atoms with Crippen LogP contribution in [0.1, 0.15) is 41.6 Å². The van der Waals surface area contributed by atoms with E-state index in [-0.39, 0.29) is 11.8 Å². The first-order valence-electron chi connectivity index (χ1n) is 10.5. The van der Waals surface area contributed by atoms with Crippen molar-refractivity contribution in [3.63, 3.8) is 0 Å². The fraction of sp³-hybridized carbons (Fsp3) is 0.417. The Morgan fingerprint density at radius 2 is 1.93 bits per heavy atom. The number of likely N-dealkylation sites (tertiary alicyclic amines) is 1. The summed E-state index contributed by atoms with van der Waals surface area (Å²) in [5.41, 5.74) is 2.70. The Kier molecular flexibility index (Phi) is 5.84. The van der Waals surface area contributed by atoms with Gasteiger partial charge in [0, 0.05) is 43.2 Å². The van der Waals surface area contributed by atoms with Gasteiger partial charge in [-0.2, -0.15) is 0 Å². The molecule has 1 unspecified atom stereocenters. The molecule has 2 aliphatic rings. The van der Waals surface area contributed by atoms with E-state index < -0.39 is 0 Å². The summed E-state index contributed by atoms with van der Waals surface area (Å²) in [7, 11) is 0. The van der Waals surface area contributed by atoms with Crippen LogP contribution in [0.25, 0.3) is 0 Å². The number of hydrogen-bond acceptors (Lipinski definition) is 3. The van der Waals surface area contributed by atoms with Crippen LogP contribution in [0.2, 0.25) is 0 Å². The second-order valence-electron chi connectivity index (χ2n) is 8.08. The molecule has 5 heteroatoms. The highest BCUT2D eigenvalue weighted by molar-refractivity contribution is 5.99. The van der Waals surface area contributed by atoms with Crippen LogP contribution in [0.15, 0.2) is 48.5 Å². The molecule has 0 saturated carbocycles. The molecule has 0 spiro atoms. The molecule has 2 fully saturated rings. The molecule has 5 nitrogen and oxygen atoms in total. The molecular weight excluding hydrogens is 364 g/mol. The Bertz CT molecular complexity index is 878. The number of aryl methyl sites for hydroxylation is 1. The molecule has 0 aromatic heterocycles. The van der Waals surface area contributed by atoms with Crippen molar-refractivity contribution in [2.24, 2.45) is 5.92 Å². The van der Waals surface area contributed by atoms with Crippen molar-refractivity contribution in [2.75, 3.05) is 31.1 Å². The number of nitrogens with zero attached hydrogens (tertiary/aromatic N) is 2. The van der Waals surface area contributed by atoms with Crippen molar-refractivity contribution in [3.8, 4) is 5.75 Å². The Morgan fingerprint density at radius 3 is 2.69 bits per heavy atom. The zero-order valence-corrected chi connectivity index (χ0v) is 17.0. The maximum absolute atomic E-state index is 13.1. The van der Waals surface area contributed by atoms with Gasteiger partial charge in [-0.1, -0.05) is 23.8 Å². The maximum atomic E-state index is 13.1. The SMILES string of the molecule is Cc1ccc(OCC2CCCN(C(=O)c3cccc(N4CCCC4=O)c3)C2)cc1. The molecule has 0 radical (unpaired) electrons. The molecule has 2 aromatic rings. The minimum atomic E-state index is 0.0403. The van der Waals surface area contributed by atoms with Crippen LogP contribution in [0.4, 0.5) is 5.69 Å². The van der Waals surface area contributed by atoms with Gasteiger partial charge in [0.05, 0.1) is 6.61 Å². The standard InChI is InChI=1S/C24H28N2O3/c1-18-9-11-22(12-10-18)29-17-19-5-3-13-25(16-19)24(28)20-6-2-7-21(15-20)26-14-4-8-23(26)27/h2,6-7,9-12,15,19H,3-5,8,13-14,16-17H2,1H3. The second-order valence-corrected chi connectivity index (χ2v) is 8.08. The van der Waals surface area contributed by atoms with Gasteiger partial charge in [0.2, 0.25) is 5.91 Å². The third-order valence-electron chi connectivity index (χ3n) is 5.79. The van der Waals surface area contributed by atoms with Crippen molar-refractivity contribution in [2.45, 2.75) is 32.6 Å². The van der Waals surface area contributed by atoms with Crippen LogP contribution in [0, 0.1) is 12.8 Å². The van der Waals surface area contributed by atoms with Gasteiger partial charge < -0.3 is 14.5 Å². The van der Waals surface area contributed by atoms with Crippen LogP contribution in [0.5, 0.6) is 5.75 Å². The Balaban J connectivity index is 1.38. The fourth-order valence-corrected chi connectivity index (χ4v) is 4.14. The van der Waals surface area contributed by atoms with Crippen molar-refractivity contribution in [1.29, 1.82) is 0 Å². The number of anilines is 1. The van der Waals surface area contributed by atoms with E-state index in [1.807, 2.05) is 53.4 Å². The smallest absolute Gasteiger partial charge is 0.253 e. The highest BCUT2D eigenvalue weighted by atomic mass is 16.5. The van der Waals surface area contributed by atoms with Gasteiger partial charge in [-0.05, 0) is 56.5 Å². The van der Waals surface area contributed by atoms with Gasteiger partial charge in [0.1, 0.15) is 5.75 Å². The average molecular weight is 392 g/mol. The molecule has 0 aliphatic carbocycles. The van der Waals surface area contributed by atoms with Crippen LogP contribution in [-0.2, 0) is 4.79 Å². The number of ether oxygens (including phenoxy) is 1. The van der Waals surface area contributed by atoms with E-state index in [9.17, 15) is 9.59 Å². The van der Waals surface area contributed by atoms with Gasteiger partial charge in [-0.15, -0.1) is 0 Å². The molecule has 2 heterocycles. The summed E-state index contributed by atoms with van der Waals surface area (Å²) in [5.74, 6) is 1.39. The zero-order chi connectivity index (χ0) is 20.2. The fourth-order valence-electron chi connectivity index (χ4n) is 4.14. The topological polar surface area (TPSA) is 49.9 Å². The lowest BCUT2D eigenvalue weighted by Gasteiger charge is -2.33. The zero-order valence-electron chi connectivity index (χ0n) is 17.0. The summed E-state index contributed by atoms with van der Waals surface area (Å²) >= 11 is 0. The van der Waals surface area contributed by atoms with Gasteiger partial charge in [-0.25, -0.2) is 0 Å². The molecule has 0 N–H and O–H groups in total. The van der Waals surface area contributed by atoms with Gasteiger partial charge >= 0.3 is 0 Å². The number of hydrogen-bond donors (Lipinski definition) is 0. The van der Waals surface area contributed by atoms with E-state index in [1.54, 1.807) is 4.90 Å². The largest absolute Gasteiger partial charge is 0.493 e. The van der Waals surface area contributed by atoms with Gasteiger partial charge in [0.25, 0.3) is 5.91 Å².